The maximum Gasteiger partial charge on any atom is 0.267 e. The van der Waals surface area contributed by atoms with Gasteiger partial charge in [0.25, 0.3) is 10.5 Å². The highest BCUT2D eigenvalue weighted by molar-refractivity contribution is 6.28. The number of methoxy groups -OCH3 is 1. The molecule has 0 fully saturated rings. The van der Waals surface area contributed by atoms with Crippen molar-refractivity contribution in [1.29, 1.82) is 0 Å². The zero-order chi connectivity index (χ0) is 33.2. The Kier molecular flexibility index (Phi) is 17.6. The molecule has 10 N–H and O–H groups in total. The lowest BCUT2D eigenvalue weighted by atomic mass is 10.2. The summed E-state index contributed by atoms with van der Waals surface area (Å²) in [6.07, 6.45) is 1.39. The van der Waals surface area contributed by atoms with Crippen molar-refractivity contribution in [2.45, 2.75) is 71.0 Å². The van der Waals surface area contributed by atoms with E-state index in [4.69, 9.17) is 51.0 Å². The number of aromatic nitrogens is 3. The molecule has 0 saturated heterocycles. The van der Waals surface area contributed by atoms with Crippen LogP contribution in [0.2, 0.25) is 5.28 Å². The van der Waals surface area contributed by atoms with E-state index in [0.29, 0.717) is 55.0 Å². The molecule has 3 unspecified atom stereocenters. The van der Waals surface area contributed by atoms with Crippen LogP contribution in [0.4, 0.5) is 11.9 Å². The van der Waals surface area contributed by atoms with E-state index < -0.39 is 10.5 Å². The molecule has 0 amide bonds. The standard InChI is InChI=1S/C9H18ClN5O.C9H14ClN5.C7H12ClN5/c1-4-12-8-13-7(5-6(2)16-3)14-9(10,11)15-8;1-3-5-6-7-13-8(12-4-2)15-9(10,11)14-7;1-3-9-6-11-5(8)12-7(13-6)10-4-2/h6H,4-5,11H2,1-3H3,(H2,12,13,14,15);3-4,11H2,1-2H3,(H2,12,13,14,15);3-4H2,1-2H3,(H2,9,10,11,12,13). The largest absolute Gasteiger partial charge is 0.381 e. The van der Waals surface area contributed by atoms with Crippen molar-refractivity contribution in [1.82, 2.24) is 36.2 Å². The lowest BCUT2D eigenvalue weighted by Gasteiger charge is -2.29. The van der Waals surface area contributed by atoms with Crippen molar-refractivity contribution < 1.29 is 4.74 Å². The second-order valence-electron chi connectivity index (χ2n) is 8.73. The monoisotopic (exact) mass is 675 g/mol. The number of hydrogen-bond donors (Lipinski definition) is 8. The third kappa shape index (κ3) is 16.0. The summed E-state index contributed by atoms with van der Waals surface area (Å²) in [5.41, 5.74) is 11.4. The summed E-state index contributed by atoms with van der Waals surface area (Å²) in [5.74, 6) is 8.82. The molecule has 2 aliphatic heterocycles. The Labute approximate surface area is 274 Å². The number of guanidine groups is 2. The Bertz CT molecular complexity index is 1200. The van der Waals surface area contributed by atoms with Gasteiger partial charge < -0.3 is 36.6 Å². The fourth-order valence-electron chi connectivity index (χ4n) is 3.10. The van der Waals surface area contributed by atoms with Gasteiger partial charge in [0.05, 0.1) is 6.10 Å². The van der Waals surface area contributed by atoms with Gasteiger partial charge in [0.15, 0.2) is 5.84 Å². The number of ether oxygens (including phenoxy) is 1. The number of aliphatic imine (C=N–C) groups is 4. The van der Waals surface area contributed by atoms with Crippen molar-refractivity contribution >= 4 is 70.3 Å². The number of halogens is 3. The molecule has 16 nitrogen and oxygen atoms in total. The lowest BCUT2D eigenvalue weighted by molar-refractivity contribution is 0.124. The molecule has 1 aromatic rings. The highest BCUT2D eigenvalue weighted by Crippen LogP contribution is 2.11. The van der Waals surface area contributed by atoms with E-state index >= 15 is 0 Å². The van der Waals surface area contributed by atoms with Gasteiger partial charge in [-0.1, -0.05) is 36.0 Å². The van der Waals surface area contributed by atoms with Gasteiger partial charge in [-0.15, -0.1) is 0 Å². The zero-order valence-electron chi connectivity index (χ0n) is 26.1. The molecule has 3 atom stereocenters. The van der Waals surface area contributed by atoms with Crippen molar-refractivity contribution in [2.24, 2.45) is 31.4 Å². The summed E-state index contributed by atoms with van der Waals surface area (Å²) in [6, 6.07) is 0. The summed E-state index contributed by atoms with van der Waals surface area (Å²) in [6.45, 7) is 14.4. The number of amidine groups is 2. The number of hydrogen-bond acceptors (Lipinski definition) is 12. The van der Waals surface area contributed by atoms with Crippen LogP contribution in [0.3, 0.4) is 0 Å². The molecule has 3 heterocycles. The Morgan fingerprint density at radius 1 is 0.886 bits per heavy atom. The summed E-state index contributed by atoms with van der Waals surface area (Å²) >= 11 is 17.5. The molecule has 44 heavy (non-hydrogen) atoms. The Balaban J connectivity index is 0.000000332. The number of nitrogens with two attached hydrogens (primary N) is 2. The Morgan fingerprint density at radius 3 is 1.89 bits per heavy atom. The lowest BCUT2D eigenvalue weighted by Crippen LogP contribution is -2.60. The minimum Gasteiger partial charge on any atom is -0.381 e. The quantitative estimate of drug-likeness (QED) is 0.106. The molecule has 2 aliphatic rings. The maximum atomic E-state index is 5.94. The minimum absolute atomic E-state index is 0.0414. The predicted octanol–water partition coefficient (Wildman–Crippen LogP) is 1.75. The first-order valence-corrected chi connectivity index (χ1v) is 15.2. The van der Waals surface area contributed by atoms with Gasteiger partial charge >= 0.3 is 0 Å². The van der Waals surface area contributed by atoms with Gasteiger partial charge in [0.1, 0.15) is 5.84 Å². The Hall–Kier alpha value is -3.20. The van der Waals surface area contributed by atoms with Gasteiger partial charge in [0.2, 0.25) is 29.1 Å². The summed E-state index contributed by atoms with van der Waals surface area (Å²) in [4.78, 5) is 28.2. The van der Waals surface area contributed by atoms with Gasteiger partial charge in [-0.3, -0.25) is 21.5 Å². The van der Waals surface area contributed by atoms with E-state index in [1.54, 1.807) is 7.11 Å². The highest BCUT2D eigenvalue weighted by atomic mass is 35.5. The number of nitrogens with zero attached hydrogens (tertiary/aromatic N) is 7. The third-order valence-corrected chi connectivity index (χ3v) is 5.36. The molecular formula is C25H44Cl3N15O. The average Bonchev–Trinajstić information content (AvgIpc) is 2.91. The summed E-state index contributed by atoms with van der Waals surface area (Å²) in [7, 11) is 1.64. The van der Waals surface area contributed by atoms with Crippen LogP contribution in [0.1, 0.15) is 54.4 Å². The highest BCUT2D eigenvalue weighted by Gasteiger charge is 2.28. The minimum atomic E-state index is -1.36. The molecular weight excluding hydrogens is 633 g/mol. The van der Waals surface area contributed by atoms with Crippen LogP contribution in [-0.4, -0.2) is 88.4 Å². The Morgan fingerprint density at radius 2 is 1.41 bits per heavy atom. The molecule has 3 rings (SSSR count). The molecule has 246 valence electrons. The van der Waals surface area contributed by atoms with Crippen LogP contribution in [-0.2, 0) is 4.74 Å². The van der Waals surface area contributed by atoms with E-state index in [9.17, 15) is 0 Å². The number of nitrogens with one attached hydrogen (secondary N) is 6. The van der Waals surface area contributed by atoms with Crippen LogP contribution in [0.5, 0.6) is 0 Å². The van der Waals surface area contributed by atoms with Crippen LogP contribution < -0.4 is 43.4 Å². The SMILES string of the molecule is CCC#CC1=NC(N)(Cl)NC(=NCC)N1.CCN=C1NC(CC(C)OC)=NC(N)(Cl)N1.CCNc1nc(Cl)nc(NCC)n1. The molecule has 0 spiro atoms. The molecule has 0 aliphatic carbocycles. The fraction of sp³-hybridized carbons (Fsp3) is 0.640. The van der Waals surface area contributed by atoms with E-state index in [1.165, 1.54) is 0 Å². The van der Waals surface area contributed by atoms with Crippen LogP contribution in [0.25, 0.3) is 0 Å². The van der Waals surface area contributed by atoms with Gasteiger partial charge in [-0.2, -0.15) is 15.0 Å². The van der Waals surface area contributed by atoms with E-state index in [0.717, 1.165) is 19.5 Å². The van der Waals surface area contributed by atoms with Crippen LogP contribution in [0, 0.1) is 11.8 Å². The van der Waals surface area contributed by atoms with E-state index in [-0.39, 0.29) is 11.4 Å². The maximum absolute atomic E-state index is 5.94. The second kappa shape index (κ2) is 20.0. The predicted molar refractivity (Wildman–Crippen MR) is 181 cm³/mol. The van der Waals surface area contributed by atoms with Gasteiger partial charge in [-0.05, 0) is 52.1 Å². The van der Waals surface area contributed by atoms with Crippen LogP contribution >= 0.6 is 34.8 Å². The normalized spacial score (nSPS) is 22.8. The van der Waals surface area contributed by atoms with E-state index in [1.807, 2.05) is 41.5 Å². The van der Waals surface area contributed by atoms with Crippen molar-refractivity contribution in [3.63, 3.8) is 0 Å². The number of anilines is 2. The first-order chi connectivity index (χ1) is 20.8. The van der Waals surface area contributed by atoms with Gasteiger partial charge in [-0.25, -0.2) is 9.98 Å². The number of alkyl halides is 2. The van der Waals surface area contributed by atoms with Gasteiger partial charge in [0, 0.05) is 46.1 Å². The molecule has 0 saturated carbocycles. The average molecular weight is 677 g/mol. The molecule has 1 aromatic heterocycles. The fourth-order valence-corrected chi connectivity index (χ4v) is 3.62. The van der Waals surface area contributed by atoms with E-state index in [2.05, 4.69) is 78.7 Å². The third-order valence-electron chi connectivity index (χ3n) is 4.84. The summed E-state index contributed by atoms with van der Waals surface area (Å²) < 4.78 is 5.15. The smallest absolute Gasteiger partial charge is 0.267 e. The topological polar surface area (TPSA) is 222 Å². The van der Waals surface area contributed by atoms with Crippen LogP contribution in [0.15, 0.2) is 20.0 Å². The number of rotatable bonds is 9. The van der Waals surface area contributed by atoms with Crippen molar-refractivity contribution in [3.05, 3.63) is 5.28 Å². The molecule has 19 heteroatoms. The summed E-state index contributed by atoms with van der Waals surface area (Å²) in [5, 5.41) is 14.8. The molecule has 0 bridgehead atoms. The van der Waals surface area contributed by atoms with Crippen molar-refractivity contribution in [3.8, 4) is 11.8 Å². The first-order valence-electron chi connectivity index (χ1n) is 14.0. The second-order valence-corrected chi connectivity index (χ2v) is 10.2. The first kappa shape index (κ1) is 38.8. The molecule has 0 aromatic carbocycles. The zero-order valence-corrected chi connectivity index (χ0v) is 28.4. The van der Waals surface area contributed by atoms with Crippen molar-refractivity contribution in [2.75, 3.05) is 43.9 Å². The molecule has 0 radical (unpaired) electrons.